The van der Waals surface area contributed by atoms with Crippen molar-refractivity contribution in [2.75, 3.05) is 18.4 Å². The Morgan fingerprint density at radius 1 is 1.15 bits per heavy atom. The summed E-state index contributed by atoms with van der Waals surface area (Å²) in [6, 6.07) is 4.40. The Balaban J connectivity index is 1.85. The van der Waals surface area contributed by atoms with Crippen LogP contribution in [0.5, 0.6) is 0 Å². The number of aliphatic carboxylic acids is 2. The number of aromatic nitrogens is 1. The highest BCUT2D eigenvalue weighted by Crippen LogP contribution is 2.32. The normalized spacial score (nSPS) is 16.2. The maximum absolute atomic E-state index is 11.8. The molecule has 1 aromatic carbocycles. The summed E-state index contributed by atoms with van der Waals surface area (Å²) in [5, 5.41) is 21.6. The SMILES string of the molecule is O=C(O)/C=C/C(=O)Nc1ccc2c([C@@H](C(=O)O)N3CCCC3)c[nH]c2c1. The van der Waals surface area contributed by atoms with Crippen LogP contribution in [0.1, 0.15) is 24.4 Å². The predicted octanol–water partition coefficient (Wildman–Crippen LogP) is 1.97. The van der Waals surface area contributed by atoms with Crippen LogP contribution < -0.4 is 5.32 Å². The quantitative estimate of drug-likeness (QED) is 0.586. The Bertz CT molecular complexity index is 880. The smallest absolute Gasteiger partial charge is 0.328 e. The van der Waals surface area contributed by atoms with Crippen molar-refractivity contribution < 1.29 is 24.6 Å². The lowest BCUT2D eigenvalue weighted by molar-refractivity contribution is -0.143. The predicted molar refractivity (Wildman–Crippen MR) is 94.9 cm³/mol. The second-order valence-electron chi connectivity index (χ2n) is 6.15. The third-order valence-electron chi connectivity index (χ3n) is 4.39. The molecule has 2 aromatic rings. The molecule has 0 aliphatic carbocycles. The third kappa shape index (κ3) is 3.75. The average Bonchev–Trinajstić information content (AvgIpc) is 3.23. The molecule has 0 bridgehead atoms. The average molecular weight is 357 g/mol. The fraction of sp³-hybridized carbons (Fsp3) is 0.278. The molecule has 8 heteroatoms. The van der Waals surface area contributed by atoms with Gasteiger partial charge in [-0.15, -0.1) is 0 Å². The minimum absolute atomic E-state index is 0.485. The molecular weight excluding hydrogens is 338 g/mol. The highest BCUT2D eigenvalue weighted by molar-refractivity contribution is 6.03. The van der Waals surface area contributed by atoms with Gasteiger partial charge >= 0.3 is 11.9 Å². The number of fused-ring (bicyclic) bond motifs is 1. The number of rotatable bonds is 6. The summed E-state index contributed by atoms with van der Waals surface area (Å²) in [7, 11) is 0. The Morgan fingerprint density at radius 3 is 2.54 bits per heavy atom. The van der Waals surface area contributed by atoms with Gasteiger partial charge in [0.25, 0.3) is 0 Å². The van der Waals surface area contributed by atoms with Gasteiger partial charge in [-0.1, -0.05) is 6.07 Å². The van der Waals surface area contributed by atoms with Gasteiger partial charge in [-0.05, 0) is 38.1 Å². The van der Waals surface area contributed by atoms with Gasteiger partial charge in [0.2, 0.25) is 5.91 Å². The molecule has 3 rings (SSSR count). The Morgan fingerprint density at radius 2 is 1.88 bits per heavy atom. The molecule has 8 nitrogen and oxygen atoms in total. The van der Waals surface area contributed by atoms with Gasteiger partial charge < -0.3 is 20.5 Å². The summed E-state index contributed by atoms with van der Waals surface area (Å²) in [5.41, 5.74) is 1.88. The zero-order valence-electron chi connectivity index (χ0n) is 13.9. The first-order chi connectivity index (χ1) is 12.5. The summed E-state index contributed by atoms with van der Waals surface area (Å²) in [5.74, 6) is -2.64. The van der Waals surface area contributed by atoms with Crippen molar-refractivity contribution in [1.29, 1.82) is 0 Å². The van der Waals surface area contributed by atoms with Crippen LogP contribution in [-0.2, 0) is 14.4 Å². The van der Waals surface area contributed by atoms with E-state index in [4.69, 9.17) is 5.11 Å². The molecule has 4 N–H and O–H groups in total. The third-order valence-corrected chi connectivity index (χ3v) is 4.39. The van der Waals surface area contributed by atoms with Crippen LogP contribution in [0.4, 0.5) is 5.69 Å². The van der Waals surface area contributed by atoms with Crippen molar-refractivity contribution in [2.24, 2.45) is 0 Å². The number of hydrogen-bond donors (Lipinski definition) is 4. The van der Waals surface area contributed by atoms with E-state index in [9.17, 15) is 19.5 Å². The van der Waals surface area contributed by atoms with E-state index in [1.807, 2.05) is 4.90 Å². The van der Waals surface area contributed by atoms with E-state index in [1.165, 1.54) is 0 Å². The van der Waals surface area contributed by atoms with E-state index in [0.717, 1.165) is 43.5 Å². The Hall–Kier alpha value is -3.13. The first-order valence-electron chi connectivity index (χ1n) is 8.25. The maximum atomic E-state index is 11.8. The van der Waals surface area contributed by atoms with Gasteiger partial charge in [0.15, 0.2) is 0 Å². The molecule has 1 amide bonds. The van der Waals surface area contributed by atoms with Gasteiger partial charge in [-0.2, -0.15) is 0 Å². The summed E-state index contributed by atoms with van der Waals surface area (Å²) in [6.07, 6.45) is 5.37. The first kappa shape index (κ1) is 17.7. The largest absolute Gasteiger partial charge is 0.480 e. The van der Waals surface area contributed by atoms with E-state index in [0.29, 0.717) is 16.8 Å². The standard InChI is InChI=1S/C18H19N3O5/c22-15(5-6-16(23)24)20-11-3-4-12-13(10-19-14(12)9-11)17(18(25)26)21-7-1-2-8-21/h3-6,9-10,17,19H,1-2,7-8H2,(H,20,22)(H,23,24)(H,25,26)/b6-5+/t17-/m0/s1. The Kier molecular flexibility index (Phi) is 5.04. The number of hydrogen-bond acceptors (Lipinski definition) is 4. The molecule has 0 saturated carbocycles. The van der Waals surface area contributed by atoms with Crippen molar-refractivity contribution in [2.45, 2.75) is 18.9 Å². The number of H-pyrrole nitrogens is 1. The number of carbonyl (C=O) groups excluding carboxylic acids is 1. The van der Waals surface area contributed by atoms with Crippen LogP contribution in [0.3, 0.4) is 0 Å². The van der Waals surface area contributed by atoms with Crippen molar-refractivity contribution in [1.82, 2.24) is 9.88 Å². The number of nitrogens with zero attached hydrogens (tertiary/aromatic N) is 1. The Labute approximate surface area is 149 Å². The lowest BCUT2D eigenvalue weighted by Gasteiger charge is -2.23. The van der Waals surface area contributed by atoms with Crippen molar-refractivity contribution in [3.05, 3.63) is 42.1 Å². The van der Waals surface area contributed by atoms with Gasteiger partial charge in [0.1, 0.15) is 6.04 Å². The van der Waals surface area contributed by atoms with Crippen LogP contribution >= 0.6 is 0 Å². The van der Waals surface area contributed by atoms with Crippen LogP contribution in [0.2, 0.25) is 0 Å². The molecule has 1 aliphatic rings. The fourth-order valence-corrected chi connectivity index (χ4v) is 3.27. The lowest BCUT2D eigenvalue weighted by atomic mass is 10.0. The first-order valence-corrected chi connectivity index (χ1v) is 8.25. The van der Waals surface area contributed by atoms with Crippen molar-refractivity contribution in [3.8, 4) is 0 Å². The van der Waals surface area contributed by atoms with Crippen LogP contribution in [0, 0.1) is 0 Å². The minimum atomic E-state index is -1.20. The number of benzene rings is 1. The van der Waals surface area contributed by atoms with E-state index in [2.05, 4.69) is 10.3 Å². The lowest BCUT2D eigenvalue weighted by Crippen LogP contribution is -2.31. The van der Waals surface area contributed by atoms with Crippen LogP contribution in [-0.4, -0.2) is 51.0 Å². The summed E-state index contributed by atoms with van der Waals surface area (Å²) >= 11 is 0. The molecule has 2 heterocycles. The van der Waals surface area contributed by atoms with Gasteiger partial charge in [-0.3, -0.25) is 14.5 Å². The fourth-order valence-electron chi connectivity index (χ4n) is 3.27. The zero-order valence-corrected chi connectivity index (χ0v) is 13.9. The monoisotopic (exact) mass is 357 g/mol. The number of carboxylic acid groups (broad SMARTS) is 2. The topological polar surface area (TPSA) is 123 Å². The van der Waals surface area contributed by atoms with Crippen LogP contribution in [0.25, 0.3) is 10.9 Å². The number of nitrogens with one attached hydrogen (secondary N) is 2. The summed E-state index contributed by atoms with van der Waals surface area (Å²) in [6.45, 7) is 1.52. The molecule has 0 unspecified atom stereocenters. The highest BCUT2D eigenvalue weighted by atomic mass is 16.4. The van der Waals surface area contributed by atoms with Gasteiger partial charge in [0.05, 0.1) is 0 Å². The molecule has 1 atom stereocenters. The number of anilines is 1. The molecule has 136 valence electrons. The molecule has 1 saturated heterocycles. The maximum Gasteiger partial charge on any atom is 0.328 e. The van der Waals surface area contributed by atoms with Crippen molar-refractivity contribution in [3.63, 3.8) is 0 Å². The van der Waals surface area contributed by atoms with E-state index < -0.39 is 23.9 Å². The molecular formula is C18H19N3O5. The van der Waals surface area contributed by atoms with Gasteiger partial charge in [-0.25, -0.2) is 4.79 Å². The summed E-state index contributed by atoms with van der Waals surface area (Å²) in [4.78, 5) is 38.9. The number of carboxylic acids is 2. The van der Waals surface area contributed by atoms with Gasteiger partial charge in [0, 0.05) is 40.5 Å². The van der Waals surface area contributed by atoms with E-state index >= 15 is 0 Å². The molecule has 1 aromatic heterocycles. The van der Waals surface area contributed by atoms with Crippen molar-refractivity contribution >= 4 is 34.4 Å². The molecule has 26 heavy (non-hydrogen) atoms. The molecule has 0 radical (unpaired) electrons. The second kappa shape index (κ2) is 7.40. The number of aromatic amines is 1. The number of carbonyl (C=O) groups is 3. The second-order valence-corrected chi connectivity index (χ2v) is 6.15. The molecule has 1 aliphatic heterocycles. The van der Waals surface area contributed by atoms with Crippen LogP contribution in [0.15, 0.2) is 36.5 Å². The minimum Gasteiger partial charge on any atom is -0.480 e. The number of likely N-dealkylation sites (tertiary alicyclic amines) is 1. The number of amides is 1. The zero-order chi connectivity index (χ0) is 18.7. The summed E-state index contributed by atoms with van der Waals surface area (Å²) < 4.78 is 0. The van der Waals surface area contributed by atoms with E-state index in [1.54, 1.807) is 24.4 Å². The van der Waals surface area contributed by atoms with E-state index in [-0.39, 0.29) is 0 Å². The molecule has 0 spiro atoms. The highest BCUT2D eigenvalue weighted by Gasteiger charge is 2.31. The molecule has 1 fully saturated rings.